The van der Waals surface area contributed by atoms with Gasteiger partial charge in [-0.05, 0) is 19.9 Å². The lowest BCUT2D eigenvalue weighted by Crippen LogP contribution is -2.46. The molecule has 1 aliphatic heterocycles. The molecule has 0 bridgehead atoms. The third kappa shape index (κ3) is 2.42. The highest BCUT2D eigenvalue weighted by Gasteiger charge is 2.31. The number of pyridine rings is 1. The van der Waals surface area contributed by atoms with E-state index in [0.29, 0.717) is 0 Å². The van der Waals surface area contributed by atoms with Crippen LogP contribution in [0, 0.1) is 5.82 Å². The molecule has 2 heterocycles. The second-order valence-electron chi connectivity index (χ2n) is 4.22. The van der Waals surface area contributed by atoms with Gasteiger partial charge in [0.2, 0.25) is 0 Å². The smallest absolute Gasteiger partial charge is 0.254 e. The van der Waals surface area contributed by atoms with Crippen molar-refractivity contribution in [2.45, 2.75) is 32.0 Å². The molecule has 1 amide bonds. The van der Waals surface area contributed by atoms with Crippen LogP contribution in [0.25, 0.3) is 0 Å². The minimum atomic E-state index is -0.607. The van der Waals surface area contributed by atoms with Gasteiger partial charge in [0, 0.05) is 18.3 Å². The number of nitrogens with zero attached hydrogens (tertiary/aromatic N) is 1. The minimum Gasteiger partial charge on any atom is -0.346 e. The van der Waals surface area contributed by atoms with Crippen LogP contribution in [0.3, 0.4) is 0 Å². The maximum absolute atomic E-state index is 13.4. The highest BCUT2D eigenvalue weighted by molar-refractivity contribution is 5.94. The van der Waals surface area contributed by atoms with Gasteiger partial charge in [-0.3, -0.25) is 20.6 Å². The molecule has 5 nitrogen and oxygen atoms in total. The normalized spacial score (nSPS) is 28.1. The van der Waals surface area contributed by atoms with Crippen LogP contribution >= 0.6 is 0 Å². The summed E-state index contributed by atoms with van der Waals surface area (Å²) >= 11 is 0. The van der Waals surface area contributed by atoms with Crippen LogP contribution in [-0.4, -0.2) is 29.0 Å². The molecule has 0 aromatic carbocycles. The Kier molecular flexibility index (Phi) is 3.35. The predicted molar refractivity (Wildman–Crippen MR) is 60.6 cm³/mol. The molecule has 92 valence electrons. The van der Waals surface area contributed by atoms with E-state index >= 15 is 0 Å². The standard InChI is InChI=1S/C11H15FN4O/c1-6-10(7(2)16-15-6)14-11(17)8-3-4-13-5-9(8)12/h3-7,10,15-16H,1-2H3,(H,14,17). The SMILES string of the molecule is CC1NNC(C)C1NC(=O)c1ccncc1F. The Bertz CT molecular complexity index is 416. The van der Waals surface area contributed by atoms with Gasteiger partial charge in [-0.2, -0.15) is 0 Å². The molecule has 1 aliphatic rings. The first kappa shape index (κ1) is 11.9. The molecule has 0 saturated carbocycles. The van der Waals surface area contributed by atoms with Gasteiger partial charge in [-0.15, -0.1) is 0 Å². The van der Waals surface area contributed by atoms with Gasteiger partial charge in [-0.1, -0.05) is 0 Å². The topological polar surface area (TPSA) is 66.0 Å². The van der Waals surface area contributed by atoms with E-state index in [0.717, 1.165) is 6.20 Å². The Balaban J connectivity index is 2.09. The quantitative estimate of drug-likeness (QED) is 0.689. The monoisotopic (exact) mass is 238 g/mol. The average Bonchev–Trinajstić information content (AvgIpc) is 2.61. The van der Waals surface area contributed by atoms with E-state index in [-0.39, 0.29) is 23.7 Å². The number of hydrogen-bond donors (Lipinski definition) is 3. The van der Waals surface area contributed by atoms with E-state index in [9.17, 15) is 9.18 Å². The summed E-state index contributed by atoms with van der Waals surface area (Å²) < 4.78 is 13.4. The van der Waals surface area contributed by atoms with E-state index in [2.05, 4.69) is 21.2 Å². The molecule has 2 rings (SSSR count). The lowest BCUT2D eigenvalue weighted by Gasteiger charge is -2.19. The number of halogens is 1. The van der Waals surface area contributed by atoms with Crippen LogP contribution in [0.15, 0.2) is 18.5 Å². The summed E-state index contributed by atoms with van der Waals surface area (Å²) in [6.45, 7) is 3.90. The van der Waals surface area contributed by atoms with Crippen LogP contribution in [0.4, 0.5) is 4.39 Å². The molecule has 2 unspecified atom stereocenters. The first-order chi connectivity index (χ1) is 8.09. The van der Waals surface area contributed by atoms with E-state index in [1.165, 1.54) is 12.3 Å². The van der Waals surface area contributed by atoms with Crippen LogP contribution in [-0.2, 0) is 0 Å². The molecule has 1 fully saturated rings. The van der Waals surface area contributed by atoms with Crippen LogP contribution < -0.4 is 16.2 Å². The van der Waals surface area contributed by atoms with Crippen molar-refractivity contribution in [1.82, 2.24) is 21.2 Å². The molecule has 17 heavy (non-hydrogen) atoms. The van der Waals surface area contributed by atoms with Crippen molar-refractivity contribution in [3.8, 4) is 0 Å². The first-order valence-electron chi connectivity index (χ1n) is 5.51. The maximum atomic E-state index is 13.4. The van der Waals surface area contributed by atoms with Crippen molar-refractivity contribution in [1.29, 1.82) is 0 Å². The van der Waals surface area contributed by atoms with Crippen LogP contribution in [0.5, 0.6) is 0 Å². The second kappa shape index (κ2) is 4.77. The average molecular weight is 238 g/mol. The summed E-state index contributed by atoms with van der Waals surface area (Å²) in [7, 11) is 0. The number of carbonyl (C=O) groups is 1. The van der Waals surface area contributed by atoms with Crippen molar-refractivity contribution in [2.75, 3.05) is 0 Å². The van der Waals surface area contributed by atoms with E-state index in [1.807, 2.05) is 13.8 Å². The van der Waals surface area contributed by atoms with Gasteiger partial charge in [0.15, 0.2) is 5.82 Å². The van der Waals surface area contributed by atoms with E-state index < -0.39 is 11.7 Å². The highest BCUT2D eigenvalue weighted by Crippen LogP contribution is 2.09. The van der Waals surface area contributed by atoms with Crippen molar-refractivity contribution >= 4 is 5.91 Å². The van der Waals surface area contributed by atoms with Gasteiger partial charge in [0.25, 0.3) is 5.91 Å². The Hall–Kier alpha value is -1.53. The fourth-order valence-corrected chi connectivity index (χ4v) is 1.91. The molecule has 0 radical (unpaired) electrons. The van der Waals surface area contributed by atoms with Crippen molar-refractivity contribution < 1.29 is 9.18 Å². The summed E-state index contributed by atoms with van der Waals surface area (Å²) in [5.74, 6) is -1.02. The fourth-order valence-electron chi connectivity index (χ4n) is 1.91. The number of amides is 1. The van der Waals surface area contributed by atoms with Crippen LogP contribution in [0.1, 0.15) is 24.2 Å². The summed E-state index contributed by atoms with van der Waals surface area (Å²) in [6, 6.07) is 1.49. The number of aromatic nitrogens is 1. The summed E-state index contributed by atoms with van der Waals surface area (Å²) in [5, 5.41) is 2.80. The van der Waals surface area contributed by atoms with Gasteiger partial charge in [0.05, 0.1) is 17.8 Å². The van der Waals surface area contributed by atoms with Crippen molar-refractivity contribution in [3.63, 3.8) is 0 Å². The minimum absolute atomic E-state index is 0.0197. The number of hydrazine groups is 1. The van der Waals surface area contributed by atoms with E-state index in [4.69, 9.17) is 0 Å². The van der Waals surface area contributed by atoms with E-state index in [1.54, 1.807) is 0 Å². The molecule has 1 aromatic rings. The fraction of sp³-hybridized carbons (Fsp3) is 0.455. The molecule has 6 heteroatoms. The molecule has 2 atom stereocenters. The zero-order chi connectivity index (χ0) is 12.4. The molecule has 3 N–H and O–H groups in total. The van der Waals surface area contributed by atoms with Crippen LogP contribution in [0.2, 0.25) is 0 Å². The number of rotatable bonds is 2. The Morgan fingerprint density at radius 2 is 2.06 bits per heavy atom. The van der Waals surface area contributed by atoms with Crippen molar-refractivity contribution in [2.24, 2.45) is 0 Å². The number of hydrogen-bond acceptors (Lipinski definition) is 4. The van der Waals surface area contributed by atoms with Crippen molar-refractivity contribution in [3.05, 3.63) is 29.8 Å². The maximum Gasteiger partial charge on any atom is 0.254 e. The second-order valence-corrected chi connectivity index (χ2v) is 4.22. The summed E-state index contributed by atoms with van der Waals surface area (Å²) in [5.41, 5.74) is 6.06. The number of nitrogens with one attached hydrogen (secondary N) is 3. The molecular formula is C11H15FN4O. The molecule has 1 aromatic heterocycles. The summed E-state index contributed by atoms with van der Waals surface area (Å²) in [6.07, 6.45) is 2.43. The molecular weight excluding hydrogens is 223 g/mol. The van der Waals surface area contributed by atoms with Gasteiger partial charge >= 0.3 is 0 Å². The third-order valence-electron chi connectivity index (χ3n) is 2.93. The summed E-state index contributed by atoms with van der Waals surface area (Å²) in [4.78, 5) is 15.5. The Morgan fingerprint density at radius 1 is 1.41 bits per heavy atom. The van der Waals surface area contributed by atoms with Gasteiger partial charge in [0.1, 0.15) is 0 Å². The lowest BCUT2D eigenvalue weighted by atomic mass is 10.1. The number of carbonyl (C=O) groups excluding carboxylic acids is 1. The lowest BCUT2D eigenvalue weighted by molar-refractivity contribution is 0.0927. The zero-order valence-corrected chi connectivity index (χ0v) is 9.70. The predicted octanol–water partition coefficient (Wildman–Crippen LogP) is 0.204. The highest BCUT2D eigenvalue weighted by atomic mass is 19.1. The molecule has 0 spiro atoms. The Morgan fingerprint density at radius 3 is 2.65 bits per heavy atom. The largest absolute Gasteiger partial charge is 0.346 e. The molecule has 1 saturated heterocycles. The van der Waals surface area contributed by atoms with Gasteiger partial charge < -0.3 is 5.32 Å². The third-order valence-corrected chi connectivity index (χ3v) is 2.93. The first-order valence-corrected chi connectivity index (χ1v) is 5.51. The van der Waals surface area contributed by atoms with Gasteiger partial charge in [-0.25, -0.2) is 4.39 Å². The zero-order valence-electron chi connectivity index (χ0n) is 9.70. The Labute approximate surface area is 98.8 Å². The molecule has 0 aliphatic carbocycles.